The van der Waals surface area contributed by atoms with Gasteiger partial charge in [0.2, 0.25) is 5.91 Å². The van der Waals surface area contributed by atoms with Crippen LogP contribution in [-0.2, 0) is 11.2 Å². The minimum atomic E-state index is -0.161. The largest absolute Gasteiger partial charge is 0.398 e. The molecule has 0 spiro atoms. The van der Waals surface area contributed by atoms with Gasteiger partial charge in [-0.1, -0.05) is 85.3 Å². The van der Waals surface area contributed by atoms with Crippen LogP contribution in [0.25, 0.3) is 33.2 Å². The predicted molar refractivity (Wildman–Crippen MR) is 155 cm³/mol. The molecule has 0 aliphatic rings. The van der Waals surface area contributed by atoms with E-state index in [1.807, 2.05) is 78.9 Å². The molecule has 0 saturated carbocycles. The van der Waals surface area contributed by atoms with Gasteiger partial charge >= 0.3 is 0 Å². The molecule has 1 heterocycles. The average molecular weight is 503 g/mol. The zero-order valence-electron chi connectivity index (χ0n) is 21.1. The second-order valence-corrected chi connectivity index (χ2v) is 9.38. The number of unbranched alkanes of at least 4 members (excludes halogenated alkanes) is 2. The highest BCUT2D eigenvalue weighted by atomic mass is 16.1. The van der Waals surface area contributed by atoms with Crippen molar-refractivity contribution in [2.45, 2.75) is 32.1 Å². The number of nitrogen functional groups attached to an aromatic ring is 1. The first-order chi connectivity index (χ1) is 18.6. The Labute approximate surface area is 221 Å². The van der Waals surface area contributed by atoms with Gasteiger partial charge in [0, 0.05) is 35.5 Å². The number of aromatic amines is 1. The van der Waals surface area contributed by atoms with Gasteiger partial charge in [-0.15, -0.1) is 0 Å². The first-order valence-corrected chi connectivity index (χ1v) is 12.9. The van der Waals surface area contributed by atoms with Gasteiger partial charge < -0.3 is 16.0 Å². The number of aryl methyl sites for hydroxylation is 1. The van der Waals surface area contributed by atoms with Crippen LogP contribution in [0.2, 0.25) is 0 Å². The molecule has 0 saturated heterocycles. The number of nitrogens with one attached hydrogen (secondary N) is 2. The highest BCUT2D eigenvalue weighted by Crippen LogP contribution is 2.29. The van der Waals surface area contributed by atoms with Crippen LogP contribution in [0.5, 0.6) is 0 Å². The van der Waals surface area contributed by atoms with E-state index in [0.717, 1.165) is 52.4 Å². The Bertz CT molecular complexity index is 1600. The number of carbonyl (C=O) groups is 1. The summed E-state index contributed by atoms with van der Waals surface area (Å²) < 4.78 is 0. The number of aromatic nitrogens is 2. The topological polar surface area (TPSA) is 101 Å². The minimum absolute atomic E-state index is 0.0340. The lowest BCUT2D eigenvalue weighted by Gasteiger charge is -2.10. The monoisotopic (exact) mass is 502 g/mol. The van der Waals surface area contributed by atoms with Gasteiger partial charge in [0.1, 0.15) is 5.82 Å². The molecule has 6 nitrogen and oxygen atoms in total. The molecule has 4 aromatic carbocycles. The number of nitrogens with zero attached hydrogens (tertiary/aromatic N) is 1. The Kier molecular flexibility index (Phi) is 7.59. The zero-order chi connectivity index (χ0) is 26.3. The Balaban J connectivity index is 1.14. The molecule has 1 aromatic heterocycles. The van der Waals surface area contributed by atoms with Crippen molar-refractivity contribution in [1.82, 2.24) is 9.97 Å². The van der Waals surface area contributed by atoms with Crippen LogP contribution in [0.15, 0.2) is 102 Å². The Morgan fingerprint density at radius 3 is 2.29 bits per heavy atom. The summed E-state index contributed by atoms with van der Waals surface area (Å²) in [5.41, 5.74) is 11.2. The van der Waals surface area contributed by atoms with Crippen LogP contribution in [0, 0.1) is 0 Å². The number of H-pyrrole nitrogens is 1. The van der Waals surface area contributed by atoms with Gasteiger partial charge in [0.05, 0.1) is 11.4 Å². The van der Waals surface area contributed by atoms with Gasteiger partial charge in [0.15, 0.2) is 0 Å². The number of amides is 1. The van der Waals surface area contributed by atoms with Gasteiger partial charge in [-0.05, 0) is 41.5 Å². The fourth-order valence-electron chi connectivity index (χ4n) is 4.68. The van der Waals surface area contributed by atoms with Crippen molar-refractivity contribution < 1.29 is 4.79 Å². The summed E-state index contributed by atoms with van der Waals surface area (Å²) in [4.78, 5) is 32.4. The van der Waals surface area contributed by atoms with Crippen molar-refractivity contribution in [1.29, 1.82) is 0 Å². The summed E-state index contributed by atoms with van der Waals surface area (Å²) in [6.07, 6.45) is 3.49. The van der Waals surface area contributed by atoms with Crippen LogP contribution in [0.1, 0.15) is 31.5 Å². The van der Waals surface area contributed by atoms with E-state index in [0.29, 0.717) is 30.0 Å². The fourth-order valence-corrected chi connectivity index (χ4v) is 4.68. The number of rotatable bonds is 9. The highest BCUT2D eigenvalue weighted by Gasteiger charge is 2.09. The summed E-state index contributed by atoms with van der Waals surface area (Å²) in [6.45, 7) is 0. The first kappa shape index (κ1) is 25.0. The van der Waals surface area contributed by atoms with E-state index < -0.39 is 0 Å². The Morgan fingerprint density at radius 2 is 1.50 bits per heavy atom. The SMILES string of the molecule is Nc1cccc2cccc(NC(=O)CCCCCc3nc(-c4ccc(-c5ccccc5)cc4)cc(=O)[nH]3)c12. The third-order valence-corrected chi connectivity index (χ3v) is 6.61. The number of benzene rings is 4. The van der Waals surface area contributed by atoms with Gasteiger partial charge in [-0.3, -0.25) is 9.59 Å². The maximum atomic E-state index is 12.5. The van der Waals surface area contributed by atoms with Crippen LogP contribution >= 0.6 is 0 Å². The van der Waals surface area contributed by atoms with Crippen molar-refractivity contribution in [3.63, 3.8) is 0 Å². The summed E-state index contributed by atoms with van der Waals surface area (Å²) >= 11 is 0. The van der Waals surface area contributed by atoms with Gasteiger partial charge in [-0.2, -0.15) is 0 Å². The molecule has 6 heteroatoms. The molecule has 0 atom stereocenters. The van der Waals surface area contributed by atoms with E-state index in [2.05, 4.69) is 27.4 Å². The lowest BCUT2D eigenvalue weighted by atomic mass is 10.0. The number of fused-ring (bicyclic) bond motifs is 1. The lowest BCUT2D eigenvalue weighted by Crippen LogP contribution is -2.12. The molecule has 0 aliphatic carbocycles. The predicted octanol–water partition coefficient (Wildman–Crippen LogP) is 6.58. The molecular weight excluding hydrogens is 472 g/mol. The fraction of sp³-hybridized carbons (Fsp3) is 0.156. The summed E-state index contributed by atoms with van der Waals surface area (Å²) in [6, 6.07) is 31.3. The van der Waals surface area contributed by atoms with Crippen molar-refractivity contribution >= 4 is 28.1 Å². The van der Waals surface area contributed by atoms with Crippen LogP contribution in [-0.4, -0.2) is 15.9 Å². The highest BCUT2D eigenvalue weighted by molar-refractivity contribution is 6.07. The molecule has 0 unspecified atom stereocenters. The maximum absolute atomic E-state index is 12.5. The molecule has 1 amide bonds. The summed E-state index contributed by atoms with van der Waals surface area (Å²) in [5.74, 6) is 0.628. The Hall–Kier alpha value is -4.71. The van der Waals surface area contributed by atoms with E-state index >= 15 is 0 Å². The summed E-state index contributed by atoms with van der Waals surface area (Å²) in [5, 5.41) is 4.87. The molecule has 4 N–H and O–H groups in total. The summed E-state index contributed by atoms with van der Waals surface area (Å²) in [7, 11) is 0. The Morgan fingerprint density at radius 1 is 0.789 bits per heavy atom. The quantitative estimate of drug-likeness (QED) is 0.156. The van der Waals surface area contributed by atoms with Crippen LogP contribution < -0.4 is 16.6 Å². The van der Waals surface area contributed by atoms with E-state index in [9.17, 15) is 9.59 Å². The van der Waals surface area contributed by atoms with E-state index in [-0.39, 0.29) is 11.5 Å². The third kappa shape index (κ3) is 5.98. The van der Waals surface area contributed by atoms with Crippen LogP contribution in [0.4, 0.5) is 11.4 Å². The number of hydrogen-bond donors (Lipinski definition) is 3. The van der Waals surface area contributed by atoms with Gasteiger partial charge in [-0.25, -0.2) is 4.98 Å². The molecule has 0 fully saturated rings. The van der Waals surface area contributed by atoms with Crippen molar-refractivity contribution in [2.24, 2.45) is 0 Å². The van der Waals surface area contributed by atoms with Crippen molar-refractivity contribution in [3.05, 3.63) is 113 Å². The van der Waals surface area contributed by atoms with E-state index in [1.54, 1.807) is 0 Å². The number of hydrogen-bond acceptors (Lipinski definition) is 4. The molecular formula is C32H30N4O2. The van der Waals surface area contributed by atoms with Crippen LogP contribution in [0.3, 0.4) is 0 Å². The second-order valence-electron chi connectivity index (χ2n) is 9.38. The second kappa shape index (κ2) is 11.6. The normalized spacial score (nSPS) is 10.9. The third-order valence-electron chi connectivity index (χ3n) is 6.61. The molecule has 0 bridgehead atoms. The first-order valence-electron chi connectivity index (χ1n) is 12.9. The molecule has 190 valence electrons. The van der Waals surface area contributed by atoms with E-state index in [4.69, 9.17) is 5.73 Å². The average Bonchev–Trinajstić information content (AvgIpc) is 2.93. The number of carbonyl (C=O) groups excluding carboxylic acids is 1. The minimum Gasteiger partial charge on any atom is -0.398 e. The lowest BCUT2D eigenvalue weighted by molar-refractivity contribution is -0.116. The standard InChI is InChI=1S/C32H30N4O2/c33-26-13-7-11-25-12-8-14-27(32(25)26)35-30(37)16-6-2-5-15-29-34-28(21-31(38)36-29)24-19-17-23(18-20-24)22-9-3-1-4-10-22/h1,3-4,7-14,17-21H,2,5-6,15-16,33H2,(H,35,37)(H,34,36,38). The molecule has 38 heavy (non-hydrogen) atoms. The van der Waals surface area contributed by atoms with E-state index in [1.165, 1.54) is 6.07 Å². The molecule has 0 aliphatic heterocycles. The van der Waals surface area contributed by atoms with Gasteiger partial charge in [0.25, 0.3) is 5.56 Å². The zero-order valence-corrected chi connectivity index (χ0v) is 21.1. The molecule has 5 aromatic rings. The number of anilines is 2. The maximum Gasteiger partial charge on any atom is 0.251 e. The molecule has 5 rings (SSSR count). The smallest absolute Gasteiger partial charge is 0.251 e. The van der Waals surface area contributed by atoms with Crippen molar-refractivity contribution in [3.8, 4) is 22.4 Å². The van der Waals surface area contributed by atoms with Crippen molar-refractivity contribution in [2.75, 3.05) is 11.1 Å². The number of nitrogens with two attached hydrogens (primary N) is 1. The molecule has 0 radical (unpaired) electrons.